The predicted octanol–water partition coefficient (Wildman–Crippen LogP) is 2.39. The third-order valence-corrected chi connectivity index (χ3v) is 8.26. The first-order valence-corrected chi connectivity index (χ1v) is 13.9. The third-order valence-electron chi connectivity index (χ3n) is 5.58. The molecule has 1 aliphatic rings. The van der Waals surface area contributed by atoms with Crippen LogP contribution in [0.25, 0.3) is 0 Å². The molecule has 9 nitrogen and oxygen atoms in total. The van der Waals surface area contributed by atoms with Crippen molar-refractivity contribution >= 4 is 27.5 Å². The lowest BCUT2D eigenvalue weighted by Crippen LogP contribution is -2.42. The van der Waals surface area contributed by atoms with Gasteiger partial charge in [0.05, 0.1) is 17.3 Å². The molecule has 2 aromatic rings. The Morgan fingerprint density at radius 1 is 1.27 bits per heavy atom. The lowest BCUT2D eigenvalue weighted by molar-refractivity contribution is -0.130. The molecular weight excluding hydrogens is 462 g/mol. The number of hydrogen-bond donors (Lipinski definition) is 1. The largest absolute Gasteiger partial charge is 0.486 e. The molecule has 0 radical (unpaired) electrons. The number of sulfone groups is 1. The summed E-state index contributed by atoms with van der Waals surface area (Å²) >= 11 is 1.18. The molecule has 0 aliphatic carbocycles. The quantitative estimate of drug-likeness (QED) is 0.416. The van der Waals surface area contributed by atoms with Gasteiger partial charge in [-0.2, -0.15) is 0 Å². The van der Waals surface area contributed by atoms with Crippen molar-refractivity contribution in [2.75, 3.05) is 29.6 Å². The van der Waals surface area contributed by atoms with Crippen molar-refractivity contribution in [3.63, 3.8) is 0 Å². The Labute approximate surface area is 200 Å². The van der Waals surface area contributed by atoms with Crippen molar-refractivity contribution in [3.8, 4) is 5.75 Å². The van der Waals surface area contributed by atoms with Crippen molar-refractivity contribution < 1.29 is 17.9 Å². The Hall–Kier alpha value is -2.27. The van der Waals surface area contributed by atoms with Gasteiger partial charge >= 0.3 is 0 Å². The second-order valence-corrected chi connectivity index (χ2v) is 12.4. The zero-order valence-corrected chi connectivity index (χ0v) is 21.3. The maximum absolute atomic E-state index is 12.8. The number of benzene rings is 1. The summed E-state index contributed by atoms with van der Waals surface area (Å²) in [6, 6.07) is 7.64. The minimum absolute atomic E-state index is 0.0364. The van der Waals surface area contributed by atoms with Gasteiger partial charge in [-0.05, 0) is 36.0 Å². The number of carbonyl (C=O) groups is 1. The van der Waals surface area contributed by atoms with Crippen LogP contribution in [0, 0.1) is 0 Å². The van der Waals surface area contributed by atoms with Crippen molar-refractivity contribution in [3.05, 3.63) is 35.7 Å². The molecule has 1 saturated heterocycles. The summed E-state index contributed by atoms with van der Waals surface area (Å²) in [6.45, 7) is 9.11. The van der Waals surface area contributed by atoms with E-state index in [1.807, 2.05) is 31.2 Å². The second kappa shape index (κ2) is 10.3. The number of rotatable bonds is 9. The summed E-state index contributed by atoms with van der Waals surface area (Å²) < 4.78 is 30.8. The molecule has 182 valence electrons. The number of ether oxygens (including phenoxy) is 1. The van der Waals surface area contributed by atoms with Gasteiger partial charge in [-0.25, -0.2) is 13.1 Å². The standard InChI is InChI=1S/C22H33N5O4S2/c1-5-11-26(17-10-12-33(29,30)15-17)20(28)14-32-21-25-24-19(27(21)23)13-31-18-8-6-16(7-9-18)22(2,3)4/h6-9,17H,5,10-15,23H2,1-4H3. The number of nitrogens with zero attached hydrogens (tertiary/aromatic N) is 4. The van der Waals surface area contributed by atoms with Crippen LogP contribution in [0.4, 0.5) is 0 Å². The van der Waals surface area contributed by atoms with Crippen molar-refractivity contribution in [1.29, 1.82) is 0 Å². The number of hydrogen-bond acceptors (Lipinski definition) is 8. The third kappa shape index (κ3) is 6.63. The molecule has 0 saturated carbocycles. The van der Waals surface area contributed by atoms with Gasteiger partial charge in [0.25, 0.3) is 0 Å². The molecule has 1 unspecified atom stereocenters. The van der Waals surface area contributed by atoms with E-state index in [2.05, 4.69) is 31.0 Å². The summed E-state index contributed by atoms with van der Waals surface area (Å²) in [5.41, 5.74) is 1.28. The Morgan fingerprint density at radius 2 is 1.97 bits per heavy atom. The lowest BCUT2D eigenvalue weighted by atomic mass is 9.87. The van der Waals surface area contributed by atoms with Crippen LogP contribution in [0.3, 0.4) is 0 Å². The van der Waals surface area contributed by atoms with E-state index in [0.717, 1.165) is 6.42 Å². The van der Waals surface area contributed by atoms with Crippen LogP contribution >= 0.6 is 11.8 Å². The minimum Gasteiger partial charge on any atom is -0.486 e. The fourth-order valence-electron chi connectivity index (χ4n) is 3.69. The number of nitrogen functional groups attached to an aromatic ring is 1. The number of aromatic nitrogens is 3. The van der Waals surface area contributed by atoms with Crippen molar-refractivity contribution in [1.82, 2.24) is 19.8 Å². The van der Waals surface area contributed by atoms with Crippen molar-refractivity contribution in [2.24, 2.45) is 0 Å². The van der Waals surface area contributed by atoms with Gasteiger partial charge in [0, 0.05) is 12.6 Å². The average molecular weight is 496 g/mol. The van der Waals surface area contributed by atoms with Gasteiger partial charge in [-0.1, -0.05) is 51.6 Å². The average Bonchev–Trinajstić information content (AvgIpc) is 3.29. The molecule has 11 heteroatoms. The van der Waals surface area contributed by atoms with E-state index < -0.39 is 9.84 Å². The SMILES string of the molecule is CCCN(C(=O)CSc1nnc(COc2ccc(C(C)(C)C)cc2)n1N)C1CCS(=O)(=O)C1. The summed E-state index contributed by atoms with van der Waals surface area (Å²) in [5.74, 6) is 7.43. The van der Waals surface area contributed by atoms with Crippen LogP contribution in [0.15, 0.2) is 29.4 Å². The van der Waals surface area contributed by atoms with Crippen LogP contribution < -0.4 is 10.6 Å². The molecule has 3 rings (SSSR count). The molecule has 2 heterocycles. The molecule has 1 aromatic carbocycles. The number of thioether (sulfide) groups is 1. The zero-order valence-electron chi connectivity index (χ0n) is 19.7. The van der Waals surface area contributed by atoms with Gasteiger partial charge in [0.1, 0.15) is 12.4 Å². The highest BCUT2D eigenvalue weighted by Gasteiger charge is 2.34. The lowest BCUT2D eigenvalue weighted by Gasteiger charge is -2.27. The van der Waals surface area contributed by atoms with Gasteiger partial charge < -0.3 is 15.5 Å². The topological polar surface area (TPSA) is 120 Å². The first kappa shape index (κ1) is 25.4. The molecule has 1 fully saturated rings. The smallest absolute Gasteiger partial charge is 0.233 e. The fourth-order valence-corrected chi connectivity index (χ4v) is 6.18. The monoisotopic (exact) mass is 495 g/mol. The van der Waals surface area contributed by atoms with Crippen LogP contribution in [0.1, 0.15) is 51.9 Å². The zero-order chi connectivity index (χ0) is 24.2. The molecule has 33 heavy (non-hydrogen) atoms. The molecular formula is C22H33N5O4S2. The Morgan fingerprint density at radius 3 is 2.55 bits per heavy atom. The van der Waals surface area contributed by atoms with E-state index in [0.29, 0.717) is 29.7 Å². The second-order valence-electron chi connectivity index (χ2n) is 9.26. The molecule has 1 aromatic heterocycles. The first-order chi connectivity index (χ1) is 15.5. The van der Waals surface area contributed by atoms with E-state index in [1.54, 1.807) is 4.90 Å². The van der Waals surface area contributed by atoms with E-state index in [4.69, 9.17) is 10.6 Å². The van der Waals surface area contributed by atoms with Gasteiger partial charge in [0.2, 0.25) is 11.1 Å². The number of nitrogens with two attached hydrogens (primary N) is 1. The van der Waals surface area contributed by atoms with Crippen LogP contribution in [-0.4, -0.2) is 63.9 Å². The Bertz CT molecular complexity index is 1060. The van der Waals surface area contributed by atoms with E-state index >= 15 is 0 Å². The number of amides is 1. The highest BCUT2D eigenvalue weighted by atomic mass is 32.2. The van der Waals surface area contributed by atoms with Crippen LogP contribution in [0.5, 0.6) is 5.75 Å². The highest BCUT2D eigenvalue weighted by Crippen LogP contribution is 2.25. The summed E-state index contributed by atoms with van der Waals surface area (Å²) in [6.07, 6.45) is 1.25. The Balaban J connectivity index is 1.56. The molecule has 1 amide bonds. The maximum Gasteiger partial charge on any atom is 0.233 e. The summed E-state index contributed by atoms with van der Waals surface area (Å²) in [7, 11) is -3.06. The van der Waals surface area contributed by atoms with E-state index in [9.17, 15) is 13.2 Å². The molecule has 2 N–H and O–H groups in total. The van der Waals surface area contributed by atoms with Crippen LogP contribution in [-0.2, 0) is 26.7 Å². The minimum atomic E-state index is -3.06. The van der Waals surface area contributed by atoms with Gasteiger partial charge in [0.15, 0.2) is 15.7 Å². The van der Waals surface area contributed by atoms with Crippen molar-refractivity contribution in [2.45, 2.75) is 63.8 Å². The normalized spacial score (nSPS) is 17.8. The predicted molar refractivity (Wildman–Crippen MR) is 129 cm³/mol. The highest BCUT2D eigenvalue weighted by molar-refractivity contribution is 7.99. The number of carbonyl (C=O) groups excluding carboxylic acids is 1. The van der Waals surface area contributed by atoms with E-state index in [1.165, 1.54) is 22.0 Å². The molecule has 0 bridgehead atoms. The maximum atomic E-state index is 12.8. The fraction of sp³-hybridized carbons (Fsp3) is 0.591. The molecule has 1 aliphatic heterocycles. The van der Waals surface area contributed by atoms with Crippen LogP contribution in [0.2, 0.25) is 0 Å². The van der Waals surface area contributed by atoms with E-state index in [-0.39, 0.29) is 41.2 Å². The Kier molecular flexibility index (Phi) is 7.94. The molecule has 0 spiro atoms. The summed E-state index contributed by atoms with van der Waals surface area (Å²) in [5, 5.41) is 8.56. The summed E-state index contributed by atoms with van der Waals surface area (Å²) in [4.78, 5) is 14.5. The molecule has 1 atom stereocenters. The van der Waals surface area contributed by atoms with Gasteiger partial charge in [-0.15, -0.1) is 10.2 Å². The first-order valence-electron chi connectivity index (χ1n) is 11.1. The van der Waals surface area contributed by atoms with Gasteiger partial charge in [-0.3, -0.25) is 4.79 Å².